The number of imide groups is 1. The van der Waals surface area contributed by atoms with E-state index in [1.165, 1.54) is 23.5 Å². The summed E-state index contributed by atoms with van der Waals surface area (Å²) in [5, 5.41) is 7.72. The van der Waals surface area contributed by atoms with Gasteiger partial charge in [0.15, 0.2) is 0 Å². The molecule has 1 spiro atoms. The second-order valence-corrected chi connectivity index (χ2v) is 9.64. The lowest BCUT2D eigenvalue weighted by molar-refractivity contribution is -0.135. The van der Waals surface area contributed by atoms with Crippen LogP contribution in [-0.2, 0) is 21.5 Å². The van der Waals surface area contributed by atoms with Gasteiger partial charge in [-0.3, -0.25) is 14.5 Å². The van der Waals surface area contributed by atoms with Crippen molar-refractivity contribution < 1.29 is 18.8 Å². The first kappa shape index (κ1) is 22.3. The smallest absolute Gasteiger partial charge is 0.325 e. The van der Waals surface area contributed by atoms with Gasteiger partial charge in [-0.05, 0) is 66.0 Å². The fourth-order valence-electron chi connectivity index (χ4n) is 4.90. The quantitative estimate of drug-likeness (QED) is 0.539. The molecule has 6 nitrogen and oxygen atoms in total. The molecule has 0 bridgehead atoms. The van der Waals surface area contributed by atoms with Gasteiger partial charge in [0.05, 0.1) is 6.04 Å². The Kier molecular flexibility index (Phi) is 5.91. The number of thiophene rings is 1. The van der Waals surface area contributed by atoms with Crippen molar-refractivity contribution in [2.75, 3.05) is 6.54 Å². The van der Waals surface area contributed by atoms with Gasteiger partial charge in [0.25, 0.3) is 5.91 Å². The first-order valence-corrected chi connectivity index (χ1v) is 12.2. The van der Waals surface area contributed by atoms with Crippen LogP contribution in [0.15, 0.2) is 66.0 Å². The van der Waals surface area contributed by atoms with Crippen molar-refractivity contribution in [2.45, 2.75) is 37.3 Å². The van der Waals surface area contributed by atoms with Gasteiger partial charge in [-0.1, -0.05) is 42.5 Å². The highest BCUT2D eigenvalue weighted by Crippen LogP contribution is 2.39. The van der Waals surface area contributed by atoms with Gasteiger partial charge in [-0.2, -0.15) is 0 Å². The number of carbonyl (C=O) groups is 3. The molecule has 2 N–H and O–H groups in total. The number of carbonyl (C=O) groups excluding carboxylic acids is 3. The van der Waals surface area contributed by atoms with Gasteiger partial charge in [0, 0.05) is 4.88 Å². The molecule has 4 amide bonds. The molecule has 174 valence electrons. The highest BCUT2D eigenvalue weighted by atomic mass is 32.1. The van der Waals surface area contributed by atoms with Crippen LogP contribution >= 0.6 is 11.3 Å². The van der Waals surface area contributed by atoms with Crippen LogP contribution in [0.1, 0.15) is 46.9 Å². The van der Waals surface area contributed by atoms with E-state index in [9.17, 15) is 18.8 Å². The lowest BCUT2D eigenvalue weighted by Gasteiger charge is -2.27. The number of hydrogen-bond donors (Lipinski definition) is 2. The minimum Gasteiger partial charge on any atom is -0.343 e. The summed E-state index contributed by atoms with van der Waals surface area (Å²) in [6, 6.07) is 16.3. The monoisotopic (exact) mass is 477 g/mol. The Hall–Kier alpha value is -3.52. The Morgan fingerprint density at radius 3 is 2.65 bits per heavy atom. The van der Waals surface area contributed by atoms with Crippen molar-refractivity contribution in [1.82, 2.24) is 15.5 Å². The zero-order valence-electron chi connectivity index (χ0n) is 18.4. The molecule has 0 radical (unpaired) electrons. The maximum atomic E-state index is 13.6. The fraction of sp³-hybridized carbons (Fsp3) is 0.269. The van der Waals surface area contributed by atoms with E-state index in [0.717, 1.165) is 40.2 Å². The zero-order chi connectivity index (χ0) is 23.7. The summed E-state index contributed by atoms with van der Waals surface area (Å²) in [4.78, 5) is 41.4. The molecule has 1 aliphatic carbocycles. The predicted molar refractivity (Wildman–Crippen MR) is 127 cm³/mol. The molecule has 2 aliphatic rings. The minimum atomic E-state index is -1.13. The average molecular weight is 478 g/mol. The van der Waals surface area contributed by atoms with Crippen LogP contribution in [0.4, 0.5) is 9.18 Å². The largest absolute Gasteiger partial charge is 0.343 e. The summed E-state index contributed by atoms with van der Waals surface area (Å²) < 4.78 is 13.4. The summed E-state index contributed by atoms with van der Waals surface area (Å²) in [7, 11) is 0. The topological polar surface area (TPSA) is 78.5 Å². The van der Waals surface area contributed by atoms with E-state index in [0.29, 0.717) is 12.0 Å². The molecule has 8 heteroatoms. The zero-order valence-corrected chi connectivity index (χ0v) is 19.2. The van der Waals surface area contributed by atoms with Gasteiger partial charge in [-0.25, -0.2) is 9.18 Å². The first-order valence-electron chi connectivity index (χ1n) is 11.3. The molecule has 1 fully saturated rings. The Morgan fingerprint density at radius 1 is 1.09 bits per heavy atom. The summed E-state index contributed by atoms with van der Waals surface area (Å²) in [5.41, 5.74) is 1.45. The van der Waals surface area contributed by atoms with Crippen molar-refractivity contribution in [3.05, 3.63) is 93.4 Å². The molecule has 1 aromatic heterocycles. The second kappa shape index (κ2) is 9.02. The lowest BCUT2D eigenvalue weighted by atomic mass is 9.84. The van der Waals surface area contributed by atoms with Crippen LogP contribution in [0.25, 0.3) is 0 Å². The lowest BCUT2D eigenvalue weighted by Crippen LogP contribution is -2.45. The Bertz CT molecular complexity index is 1230. The first-order chi connectivity index (χ1) is 16.5. The highest BCUT2D eigenvalue weighted by Gasteiger charge is 2.53. The molecule has 2 aromatic carbocycles. The summed E-state index contributed by atoms with van der Waals surface area (Å²) >= 11 is 1.46. The number of nitrogens with zero attached hydrogens (tertiary/aromatic N) is 1. The van der Waals surface area contributed by atoms with E-state index in [1.54, 1.807) is 12.1 Å². The van der Waals surface area contributed by atoms with Crippen molar-refractivity contribution in [2.24, 2.45) is 0 Å². The molecule has 1 saturated heterocycles. The van der Waals surface area contributed by atoms with Crippen LogP contribution < -0.4 is 10.6 Å². The average Bonchev–Trinajstić information content (AvgIpc) is 3.39. The summed E-state index contributed by atoms with van der Waals surface area (Å²) in [5.74, 6) is -1.23. The molecular weight excluding hydrogens is 453 g/mol. The fourth-order valence-corrected chi connectivity index (χ4v) is 5.70. The van der Waals surface area contributed by atoms with Crippen molar-refractivity contribution in [3.8, 4) is 0 Å². The van der Waals surface area contributed by atoms with E-state index in [2.05, 4.69) is 10.6 Å². The summed E-state index contributed by atoms with van der Waals surface area (Å²) in [6.45, 7) is -0.391. The normalized spacial score (nSPS) is 20.6. The van der Waals surface area contributed by atoms with Crippen LogP contribution in [-0.4, -0.2) is 29.3 Å². The second-order valence-electron chi connectivity index (χ2n) is 8.66. The molecule has 5 rings (SSSR count). The molecule has 1 aliphatic heterocycles. The number of benzene rings is 2. The Balaban J connectivity index is 1.38. The van der Waals surface area contributed by atoms with E-state index in [-0.39, 0.29) is 5.82 Å². The van der Waals surface area contributed by atoms with E-state index >= 15 is 0 Å². The SMILES string of the molecule is O=C(CN1C(=O)N[C@]2(CCCCc3ccccc32)C1=O)N[C@@H](c1ccc(F)cc1)c1cccs1. The summed E-state index contributed by atoms with van der Waals surface area (Å²) in [6.07, 6.45) is 3.08. The van der Waals surface area contributed by atoms with Gasteiger partial charge in [0.1, 0.15) is 17.9 Å². The number of halogens is 1. The van der Waals surface area contributed by atoms with Crippen molar-refractivity contribution >= 4 is 29.2 Å². The van der Waals surface area contributed by atoms with Gasteiger partial charge in [-0.15, -0.1) is 11.3 Å². The highest BCUT2D eigenvalue weighted by molar-refractivity contribution is 7.10. The Labute approximate surface area is 200 Å². The van der Waals surface area contributed by atoms with E-state index in [4.69, 9.17) is 0 Å². The molecule has 2 heterocycles. The third kappa shape index (κ3) is 3.98. The maximum absolute atomic E-state index is 13.6. The molecular formula is C26H24FN3O3S. The van der Waals surface area contributed by atoms with Gasteiger partial charge in [0.2, 0.25) is 5.91 Å². The standard InChI is InChI=1S/C26H24FN3O3S/c27-19-12-10-18(11-13-19)23(21-9-5-15-34-21)28-22(31)16-30-24(32)26(29-25(30)33)14-4-3-7-17-6-1-2-8-20(17)26/h1-2,5-6,8-13,15,23H,3-4,7,14,16H2,(H,28,31)(H,29,33)/t23-,26-/m0/s1. The van der Waals surface area contributed by atoms with Crippen LogP contribution in [0.3, 0.4) is 0 Å². The Morgan fingerprint density at radius 2 is 1.88 bits per heavy atom. The minimum absolute atomic E-state index is 0.367. The van der Waals surface area contributed by atoms with Crippen LogP contribution in [0, 0.1) is 5.82 Å². The van der Waals surface area contributed by atoms with E-state index in [1.807, 2.05) is 41.8 Å². The number of fused-ring (bicyclic) bond motifs is 2. The number of rotatable bonds is 5. The predicted octanol–water partition coefficient (Wildman–Crippen LogP) is 4.27. The number of amides is 4. The maximum Gasteiger partial charge on any atom is 0.325 e. The van der Waals surface area contributed by atoms with E-state index < -0.39 is 36.0 Å². The number of aryl methyl sites for hydroxylation is 1. The molecule has 0 saturated carbocycles. The van der Waals surface area contributed by atoms with Gasteiger partial charge >= 0.3 is 6.03 Å². The third-order valence-corrected chi connectivity index (χ3v) is 7.48. The molecule has 2 atom stereocenters. The molecule has 0 unspecified atom stereocenters. The van der Waals surface area contributed by atoms with Gasteiger partial charge < -0.3 is 10.6 Å². The van der Waals surface area contributed by atoms with Crippen LogP contribution in [0.2, 0.25) is 0 Å². The van der Waals surface area contributed by atoms with Crippen molar-refractivity contribution in [1.29, 1.82) is 0 Å². The number of hydrogen-bond acceptors (Lipinski definition) is 4. The third-order valence-electron chi connectivity index (χ3n) is 6.54. The van der Waals surface area contributed by atoms with Crippen LogP contribution in [0.5, 0.6) is 0 Å². The molecule has 34 heavy (non-hydrogen) atoms. The van der Waals surface area contributed by atoms with Crippen molar-refractivity contribution in [3.63, 3.8) is 0 Å². The number of nitrogens with one attached hydrogen (secondary N) is 2. The number of urea groups is 1. The molecule has 3 aromatic rings.